The van der Waals surface area contributed by atoms with E-state index >= 15 is 0 Å². The van der Waals surface area contributed by atoms with Gasteiger partial charge < -0.3 is 9.21 Å². The van der Waals surface area contributed by atoms with Crippen LogP contribution in [0.1, 0.15) is 30.8 Å². The van der Waals surface area contributed by atoms with Crippen LogP contribution in [0.4, 0.5) is 0 Å². The van der Waals surface area contributed by atoms with E-state index in [4.69, 9.17) is 4.42 Å². The van der Waals surface area contributed by atoms with Crippen LogP contribution in [-0.4, -0.2) is 6.29 Å². The van der Waals surface area contributed by atoms with Crippen LogP contribution in [0.3, 0.4) is 0 Å². The SMILES string of the molecule is CC[C@@H](C=O)c1ccc(C)o1. The molecule has 0 amide bonds. The number of rotatable bonds is 3. The van der Waals surface area contributed by atoms with E-state index in [9.17, 15) is 4.79 Å². The van der Waals surface area contributed by atoms with Crippen LogP contribution < -0.4 is 0 Å². The highest BCUT2D eigenvalue weighted by molar-refractivity contribution is 5.60. The van der Waals surface area contributed by atoms with Crippen LogP contribution in [0.5, 0.6) is 0 Å². The average Bonchev–Trinajstić information content (AvgIpc) is 2.39. The summed E-state index contributed by atoms with van der Waals surface area (Å²) in [6, 6.07) is 3.74. The third kappa shape index (κ3) is 1.70. The molecule has 1 rings (SSSR count). The van der Waals surface area contributed by atoms with E-state index in [1.54, 1.807) is 0 Å². The maximum atomic E-state index is 10.5. The second-order valence-electron chi connectivity index (χ2n) is 2.60. The Morgan fingerprint density at radius 2 is 2.36 bits per heavy atom. The molecular formula is C9H12O2. The quantitative estimate of drug-likeness (QED) is 0.622. The summed E-state index contributed by atoms with van der Waals surface area (Å²) in [5.74, 6) is 1.57. The highest BCUT2D eigenvalue weighted by Gasteiger charge is 2.10. The topological polar surface area (TPSA) is 30.2 Å². The summed E-state index contributed by atoms with van der Waals surface area (Å²) in [4.78, 5) is 10.5. The summed E-state index contributed by atoms with van der Waals surface area (Å²) < 4.78 is 5.30. The monoisotopic (exact) mass is 152 g/mol. The number of aldehydes is 1. The highest BCUT2D eigenvalue weighted by atomic mass is 16.3. The molecule has 11 heavy (non-hydrogen) atoms. The minimum atomic E-state index is -0.0660. The van der Waals surface area contributed by atoms with Gasteiger partial charge in [0, 0.05) is 0 Å². The molecule has 0 N–H and O–H groups in total. The van der Waals surface area contributed by atoms with Crippen LogP contribution in [0.25, 0.3) is 0 Å². The number of furan rings is 1. The van der Waals surface area contributed by atoms with Gasteiger partial charge in [-0.3, -0.25) is 0 Å². The molecule has 1 heterocycles. The van der Waals surface area contributed by atoms with Crippen molar-refractivity contribution >= 4 is 6.29 Å². The molecule has 0 spiro atoms. The van der Waals surface area contributed by atoms with Crippen molar-refractivity contribution in [2.75, 3.05) is 0 Å². The predicted molar refractivity (Wildman–Crippen MR) is 42.5 cm³/mol. The standard InChI is InChI=1S/C9H12O2/c1-3-8(6-10)9-5-4-7(2)11-9/h4-6,8H,3H2,1-2H3/t8-/m0/s1. The molecule has 1 atom stereocenters. The van der Waals surface area contributed by atoms with Gasteiger partial charge in [0.05, 0.1) is 5.92 Å². The van der Waals surface area contributed by atoms with Gasteiger partial charge >= 0.3 is 0 Å². The highest BCUT2D eigenvalue weighted by Crippen LogP contribution is 2.18. The Hall–Kier alpha value is -1.05. The van der Waals surface area contributed by atoms with Crippen molar-refractivity contribution in [1.82, 2.24) is 0 Å². The summed E-state index contributed by atoms with van der Waals surface area (Å²) >= 11 is 0. The first-order chi connectivity index (χ1) is 5.27. The molecule has 0 fully saturated rings. The number of carbonyl (C=O) groups excluding carboxylic acids is 1. The normalized spacial score (nSPS) is 12.9. The third-order valence-corrected chi connectivity index (χ3v) is 1.73. The van der Waals surface area contributed by atoms with E-state index in [0.717, 1.165) is 24.2 Å². The van der Waals surface area contributed by atoms with Crippen LogP contribution in [0.2, 0.25) is 0 Å². The number of aryl methyl sites for hydroxylation is 1. The first-order valence-corrected chi connectivity index (χ1v) is 3.79. The van der Waals surface area contributed by atoms with Gasteiger partial charge in [0.15, 0.2) is 0 Å². The largest absolute Gasteiger partial charge is 0.466 e. The molecule has 0 aliphatic heterocycles. The number of hydrogen-bond donors (Lipinski definition) is 0. The molecule has 0 unspecified atom stereocenters. The Morgan fingerprint density at radius 3 is 2.73 bits per heavy atom. The van der Waals surface area contributed by atoms with E-state index in [2.05, 4.69) is 0 Å². The van der Waals surface area contributed by atoms with Crippen LogP contribution >= 0.6 is 0 Å². The molecule has 0 aliphatic rings. The molecule has 2 heteroatoms. The van der Waals surface area contributed by atoms with E-state index in [1.807, 2.05) is 26.0 Å². The summed E-state index contributed by atoms with van der Waals surface area (Å²) in [5, 5.41) is 0. The number of carbonyl (C=O) groups is 1. The van der Waals surface area contributed by atoms with Crippen molar-refractivity contribution in [3.63, 3.8) is 0 Å². The lowest BCUT2D eigenvalue weighted by atomic mass is 10.1. The zero-order valence-corrected chi connectivity index (χ0v) is 6.83. The van der Waals surface area contributed by atoms with Gasteiger partial charge in [-0.2, -0.15) is 0 Å². The Bertz CT molecular complexity index is 237. The summed E-state index contributed by atoms with van der Waals surface area (Å²) in [6.45, 7) is 3.85. The smallest absolute Gasteiger partial charge is 0.130 e. The van der Waals surface area contributed by atoms with Gasteiger partial charge in [-0.15, -0.1) is 0 Å². The van der Waals surface area contributed by atoms with Gasteiger partial charge in [-0.1, -0.05) is 6.92 Å². The Morgan fingerprint density at radius 1 is 1.64 bits per heavy atom. The van der Waals surface area contributed by atoms with Gasteiger partial charge in [-0.25, -0.2) is 0 Å². The van der Waals surface area contributed by atoms with E-state index in [-0.39, 0.29) is 5.92 Å². The van der Waals surface area contributed by atoms with Crippen molar-refractivity contribution in [3.05, 3.63) is 23.7 Å². The fraction of sp³-hybridized carbons (Fsp3) is 0.444. The fourth-order valence-electron chi connectivity index (χ4n) is 1.02. The first kappa shape index (κ1) is 8.05. The van der Waals surface area contributed by atoms with E-state index in [1.165, 1.54) is 0 Å². The van der Waals surface area contributed by atoms with E-state index < -0.39 is 0 Å². The molecule has 0 aromatic carbocycles. The third-order valence-electron chi connectivity index (χ3n) is 1.73. The van der Waals surface area contributed by atoms with Gasteiger partial charge in [0.25, 0.3) is 0 Å². The average molecular weight is 152 g/mol. The van der Waals surface area contributed by atoms with Crippen molar-refractivity contribution in [1.29, 1.82) is 0 Å². The van der Waals surface area contributed by atoms with Crippen LogP contribution in [0, 0.1) is 6.92 Å². The molecule has 0 saturated heterocycles. The second-order valence-corrected chi connectivity index (χ2v) is 2.60. The van der Waals surface area contributed by atoms with Crippen molar-refractivity contribution < 1.29 is 9.21 Å². The lowest BCUT2D eigenvalue weighted by molar-refractivity contribution is -0.109. The zero-order valence-electron chi connectivity index (χ0n) is 6.83. The van der Waals surface area contributed by atoms with Crippen molar-refractivity contribution in [3.8, 4) is 0 Å². The van der Waals surface area contributed by atoms with Gasteiger partial charge in [-0.05, 0) is 25.5 Å². The molecule has 1 aromatic heterocycles. The van der Waals surface area contributed by atoms with Crippen LogP contribution in [-0.2, 0) is 4.79 Å². The molecule has 0 bridgehead atoms. The molecule has 0 radical (unpaired) electrons. The lowest BCUT2D eigenvalue weighted by Crippen LogP contribution is -1.95. The molecule has 60 valence electrons. The lowest BCUT2D eigenvalue weighted by Gasteiger charge is -2.00. The molecule has 0 saturated carbocycles. The van der Waals surface area contributed by atoms with Gasteiger partial charge in [0.2, 0.25) is 0 Å². The zero-order chi connectivity index (χ0) is 8.27. The summed E-state index contributed by atoms with van der Waals surface area (Å²) in [5.41, 5.74) is 0. The Kier molecular flexibility index (Phi) is 2.47. The van der Waals surface area contributed by atoms with Crippen molar-refractivity contribution in [2.24, 2.45) is 0 Å². The number of hydrogen-bond acceptors (Lipinski definition) is 2. The molecule has 0 aliphatic carbocycles. The Balaban J connectivity index is 2.81. The van der Waals surface area contributed by atoms with E-state index in [0.29, 0.717) is 0 Å². The van der Waals surface area contributed by atoms with Gasteiger partial charge in [0.1, 0.15) is 17.8 Å². The fourth-order valence-corrected chi connectivity index (χ4v) is 1.02. The maximum absolute atomic E-state index is 10.5. The minimum Gasteiger partial charge on any atom is -0.466 e. The van der Waals surface area contributed by atoms with Crippen molar-refractivity contribution in [2.45, 2.75) is 26.2 Å². The summed E-state index contributed by atoms with van der Waals surface area (Å²) in [6.07, 6.45) is 1.73. The molecular weight excluding hydrogens is 140 g/mol. The first-order valence-electron chi connectivity index (χ1n) is 3.79. The predicted octanol–water partition coefficient (Wildman–Crippen LogP) is 2.28. The molecule has 1 aromatic rings. The second kappa shape index (κ2) is 3.37. The molecule has 2 nitrogen and oxygen atoms in total. The van der Waals surface area contributed by atoms with Crippen LogP contribution in [0.15, 0.2) is 16.5 Å². The maximum Gasteiger partial charge on any atom is 0.130 e. The summed E-state index contributed by atoms with van der Waals surface area (Å²) in [7, 11) is 0. The Labute approximate surface area is 66.2 Å². The minimum absolute atomic E-state index is 0.0660.